The van der Waals surface area contributed by atoms with Gasteiger partial charge in [0.25, 0.3) is 0 Å². The second-order valence-corrected chi connectivity index (χ2v) is 5.55. The van der Waals surface area contributed by atoms with Crippen LogP contribution in [0.3, 0.4) is 0 Å². The zero-order chi connectivity index (χ0) is 14.4. The van der Waals surface area contributed by atoms with Crippen LogP contribution in [-0.2, 0) is 4.74 Å². The molecular formula is C10H11Cl2N5O3. The quantitative estimate of drug-likeness (QED) is 0.657. The van der Waals surface area contributed by atoms with Crippen molar-refractivity contribution in [3.8, 4) is 0 Å². The van der Waals surface area contributed by atoms with Crippen LogP contribution in [-0.4, -0.2) is 52.9 Å². The number of nitrogen functional groups attached to an aromatic ring is 1. The van der Waals surface area contributed by atoms with Crippen LogP contribution < -0.4 is 5.73 Å². The van der Waals surface area contributed by atoms with E-state index in [0.29, 0.717) is 11.2 Å². The monoisotopic (exact) mass is 319 g/mol. The molecule has 0 aromatic carbocycles. The zero-order valence-corrected chi connectivity index (χ0v) is 11.5. The van der Waals surface area contributed by atoms with Crippen molar-refractivity contribution in [2.24, 2.45) is 0 Å². The Kier molecular flexibility index (Phi) is 3.43. The minimum absolute atomic E-state index is 0.214. The average Bonchev–Trinajstić information content (AvgIpc) is 2.94. The molecule has 0 radical (unpaired) electrons. The van der Waals surface area contributed by atoms with Crippen LogP contribution in [0.1, 0.15) is 6.23 Å². The SMILES string of the molecule is Nc1ncnc2c1ncn2[C@@H]1O[C@H](C(Cl)Cl)C(O)C1O. The number of halogens is 2. The molecular weight excluding hydrogens is 309 g/mol. The number of ether oxygens (including phenoxy) is 1. The van der Waals surface area contributed by atoms with Gasteiger partial charge in [-0.05, 0) is 0 Å². The lowest BCUT2D eigenvalue weighted by atomic mass is 10.1. The highest BCUT2D eigenvalue weighted by Crippen LogP contribution is 2.35. The van der Waals surface area contributed by atoms with Gasteiger partial charge in [-0.3, -0.25) is 4.57 Å². The predicted molar refractivity (Wildman–Crippen MR) is 71.2 cm³/mol. The molecule has 10 heteroatoms. The largest absolute Gasteiger partial charge is 0.387 e. The Balaban J connectivity index is 2.02. The molecule has 0 amide bonds. The summed E-state index contributed by atoms with van der Waals surface area (Å²) in [7, 11) is 0. The van der Waals surface area contributed by atoms with Crippen LogP contribution in [0.2, 0.25) is 0 Å². The summed E-state index contributed by atoms with van der Waals surface area (Å²) in [4.78, 5) is 11.0. The number of hydrogen-bond acceptors (Lipinski definition) is 7. The maximum atomic E-state index is 10.1. The lowest BCUT2D eigenvalue weighted by molar-refractivity contribution is -0.0312. The summed E-state index contributed by atoms with van der Waals surface area (Å²) in [5.74, 6) is 0.214. The maximum absolute atomic E-state index is 10.1. The van der Waals surface area contributed by atoms with E-state index in [1.807, 2.05) is 0 Å². The zero-order valence-electron chi connectivity index (χ0n) is 9.97. The van der Waals surface area contributed by atoms with Crippen molar-refractivity contribution in [3.05, 3.63) is 12.7 Å². The first-order valence-corrected chi connectivity index (χ1v) is 6.60. The summed E-state index contributed by atoms with van der Waals surface area (Å²) in [5.41, 5.74) is 6.45. The molecule has 2 unspecified atom stereocenters. The smallest absolute Gasteiger partial charge is 0.167 e. The molecule has 108 valence electrons. The number of nitrogens with two attached hydrogens (primary N) is 1. The number of aromatic nitrogens is 4. The molecule has 0 saturated carbocycles. The fraction of sp³-hybridized carbons (Fsp3) is 0.500. The highest BCUT2D eigenvalue weighted by Gasteiger charge is 2.46. The second-order valence-electron chi connectivity index (χ2n) is 4.39. The fourth-order valence-electron chi connectivity index (χ4n) is 2.18. The first-order valence-electron chi connectivity index (χ1n) is 5.73. The molecule has 4 atom stereocenters. The van der Waals surface area contributed by atoms with E-state index >= 15 is 0 Å². The van der Waals surface area contributed by atoms with Crippen molar-refractivity contribution in [2.75, 3.05) is 5.73 Å². The summed E-state index contributed by atoms with van der Waals surface area (Å²) in [6.07, 6.45) is -1.57. The lowest BCUT2D eigenvalue weighted by Crippen LogP contribution is -2.34. The minimum Gasteiger partial charge on any atom is -0.387 e. The highest BCUT2D eigenvalue weighted by molar-refractivity contribution is 6.44. The summed E-state index contributed by atoms with van der Waals surface area (Å²) >= 11 is 11.4. The van der Waals surface area contributed by atoms with Crippen LogP contribution in [0.25, 0.3) is 11.2 Å². The van der Waals surface area contributed by atoms with E-state index in [1.54, 1.807) is 0 Å². The minimum atomic E-state index is -1.21. The Hall–Kier alpha value is -1.19. The predicted octanol–water partition coefficient (Wildman–Crippen LogP) is -0.169. The van der Waals surface area contributed by atoms with E-state index in [4.69, 9.17) is 33.7 Å². The van der Waals surface area contributed by atoms with Crippen molar-refractivity contribution in [1.82, 2.24) is 19.5 Å². The number of anilines is 1. The molecule has 0 aliphatic carbocycles. The van der Waals surface area contributed by atoms with Crippen molar-refractivity contribution in [2.45, 2.75) is 29.4 Å². The van der Waals surface area contributed by atoms with E-state index in [1.165, 1.54) is 17.2 Å². The molecule has 3 heterocycles. The van der Waals surface area contributed by atoms with Gasteiger partial charge in [0.05, 0.1) is 6.33 Å². The number of rotatable bonds is 2. The Bertz CT molecular complexity index is 636. The number of nitrogens with zero attached hydrogens (tertiary/aromatic N) is 4. The number of imidazole rings is 1. The number of aliphatic hydroxyl groups is 2. The number of alkyl halides is 2. The summed E-state index contributed by atoms with van der Waals surface area (Å²) in [5, 5.41) is 20.0. The van der Waals surface area contributed by atoms with Gasteiger partial charge in [0, 0.05) is 0 Å². The normalized spacial score (nSPS) is 30.4. The molecule has 0 bridgehead atoms. The number of hydrogen-bond donors (Lipinski definition) is 3. The van der Waals surface area contributed by atoms with Crippen molar-refractivity contribution >= 4 is 40.2 Å². The molecule has 1 saturated heterocycles. The van der Waals surface area contributed by atoms with Crippen molar-refractivity contribution in [3.63, 3.8) is 0 Å². The first kappa shape index (κ1) is 13.8. The van der Waals surface area contributed by atoms with Gasteiger partial charge < -0.3 is 20.7 Å². The summed E-state index contributed by atoms with van der Waals surface area (Å²) in [6.45, 7) is 0. The molecule has 8 nitrogen and oxygen atoms in total. The topological polar surface area (TPSA) is 119 Å². The van der Waals surface area contributed by atoms with Gasteiger partial charge in [0.15, 0.2) is 17.7 Å². The Labute approximate surface area is 123 Å². The third-order valence-electron chi connectivity index (χ3n) is 3.18. The van der Waals surface area contributed by atoms with Crippen molar-refractivity contribution < 1.29 is 14.9 Å². The van der Waals surface area contributed by atoms with E-state index in [2.05, 4.69) is 15.0 Å². The maximum Gasteiger partial charge on any atom is 0.167 e. The van der Waals surface area contributed by atoms with Gasteiger partial charge in [0.2, 0.25) is 0 Å². The van der Waals surface area contributed by atoms with Crippen LogP contribution in [0.15, 0.2) is 12.7 Å². The van der Waals surface area contributed by atoms with E-state index in [0.717, 1.165) is 0 Å². The summed E-state index contributed by atoms with van der Waals surface area (Å²) < 4.78 is 6.95. The molecule has 4 N–H and O–H groups in total. The lowest BCUT2D eigenvalue weighted by Gasteiger charge is -2.16. The fourth-order valence-corrected chi connectivity index (χ4v) is 2.60. The number of aliphatic hydroxyl groups excluding tert-OH is 2. The van der Waals surface area contributed by atoms with Gasteiger partial charge in [-0.25, -0.2) is 15.0 Å². The van der Waals surface area contributed by atoms with E-state index < -0.39 is 29.4 Å². The molecule has 3 rings (SSSR count). The van der Waals surface area contributed by atoms with E-state index in [9.17, 15) is 10.2 Å². The molecule has 1 fully saturated rings. The second kappa shape index (κ2) is 4.97. The number of fused-ring (bicyclic) bond motifs is 1. The standard InChI is InChI=1S/C10H11Cl2N5O3/c11-7(12)6-4(18)5(19)10(20-6)17-2-16-3-8(13)14-1-15-9(3)17/h1-2,4-7,10,18-19H,(H2,13,14,15)/t4?,5?,6-,10+/m0/s1. The van der Waals surface area contributed by atoms with Gasteiger partial charge in [-0.1, -0.05) is 0 Å². The Morgan fingerprint density at radius 3 is 2.65 bits per heavy atom. The highest BCUT2D eigenvalue weighted by atomic mass is 35.5. The Morgan fingerprint density at radius 1 is 1.25 bits per heavy atom. The van der Waals surface area contributed by atoms with Crippen LogP contribution in [0.4, 0.5) is 5.82 Å². The molecule has 2 aromatic rings. The third kappa shape index (κ3) is 2.00. The van der Waals surface area contributed by atoms with Gasteiger partial charge in [-0.15, -0.1) is 23.2 Å². The molecule has 1 aliphatic heterocycles. The van der Waals surface area contributed by atoms with Gasteiger partial charge in [-0.2, -0.15) is 0 Å². The summed E-state index contributed by atoms with van der Waals surface area (Å²) in [6, 6.07) is 0. The first-order chi connectivity index (χ1) is 9.50. The molecule has 0 spiro atoms. The molecule has 1 aliphatic rings. The van der Waals surface area contributed by atoms with Gasteiger partial charge >= 0.3 is 0 Å². The van der Waals surface area contributed by atoms with Crippen LogP contribution >= 0.6 is 23.2 Å². The third-order valence-corrected chi connectivity index (χ3v) is 3.68. The van der Waals surface area contributed by atoms with Gasteiger partial charge in [0.1, 0.15) is 35.0 Å². The molecule has 20 heavy (non-hydrogen) atoms. The Morgan fingerprint density at radius 2 is 2.00 bits per heavy atom. The van der Waals surface area contributed by atoms with Crippen LogP contribution in [0, 0.1) is 0 Å². The molecule has 2 aromatic heterocycles. The van der Waals surface area contributed by atoms with Crippen molar-refractivity contribution in [1.29, 1.82) is 0 Å². The van der Waals surface area contributed by atoms with E-state index in [-0.39, 0.29) is 5.82 Å². The average molecular weight is 320 g/mol. The van der Waals surface area contributed by atoms with Crippen LogP contribution in [0.5, 0.6) is 0 Å².